The van der Waals surface area contributed by atoms with Crippen LogP contribution in [0.5, 0.6) is 11.5 Å². The van der Waals surface area contributed by atoms with Crippen molar-refractivity contribution < 1.29 is 14.6 Å². The van der Waals surface area contributed by atoms with Gasteiger partial charge in [0.05, 0.1) is 7.11 Å². The minimum atomic E-state index is -0.476. The predicted molar refractivity (Wildman–Crippen MR) is 106 cm³/mol. The van der Waals surface area contributed by atoms with Crippen LogP contribution in [0, 0.1) is 0 Å². The van der Waals surface area contributed by atoms with E-state index in [0.717, 1.165) is 12.0 Å². The summed E-state index contributed by atoms with van der Waals surface area (Å²) in [6.07, 6.45) is 7.93. The van der Waals surface area contributed by atoms with E-state index in [1.54, 1.807) is 37.7 Å². The largest absolute Gasteiger partial charge is 0.507 e. The number of aromatic hydroxyl groups is 1. The molecule has 0 amide bonds. The van der Waals surface area contributed by atoms with E-state index in [-0.39, 0.29) is 11.5 Å². The molecule has 0 fully saturated rings. The smallest absolute Gasteiger partial charge is 0.164 e. The number of nitrogens with one attached hydrogen (secondary N) is 1. The minimum absolute atomic E-state index is 0.105. The summed E-state index contributed by atoms with van der Waals surface area (Å²) in [5, 5.41) is 13.2. The van der Waals surface area contributed by atoms with Gasteiger partial charge < -0.3 is 15.2 Å². The molecule has 1 atom stereocenters. The highest BCUT2D eigenvalue weighted by Crippen LogP contribution is 2.26. The summed E-state index contributed by atoms with van der Waals surface area (Å²) < 4.78 is 5.45. The fraction of sp³-hybridized carbons (Fsp3) is 0.182. The number of methoxy groups -OCH3 is 1. The first-order valence-corrected chi connectivity index (χ1v) is 8.79. The highest BCUT2D eigenvalue weighted by molar-refractivity contribution is 5.98. The van der Waals surface area contributed by atoms with Gasteiger partial charge in [-0.15, -0.1) is 0 Å². The number of hydrogen-bond donors (Lipinski definition) is 2. The monoisotopic (exact) mass is 362 g/mol. The maximum absolute atomic E-state index is 12.0. The lowest BCUT2D eigenvalue weighted by molar-refractivity contribution is -0.115. The van der Waals surface area contributed by atoms with Crippen LogP contribution in [-0.4, -0.2) is 24.2 Å². The molecule has 0 saturated heterocycles. The molecule has 3 rings (SSSR count). The zero-order valence-electron chi connectivity index (χ0n) is 15.1. The maximum atomic E-state index is 12.0. The van der Waals surface area contributed by atoms with Gasteiger partial charge in [0.25, 0.3) is 0 Å². The third kappa shape index (κ3) is 4.64. The van der Waals surface area contributed by atoms with Gasteiger partial charge in [0, 0.05) is 35.5 Å². The number of ether oxygens (including phenoxy) is 1. The molecule has 0 unspecified atom stereocenters. The zero-order valence-corrected chi connectivity index (χ0v) is 15.1. The first-order chi connectivity index (χ1) is 13.2. The molecule has 5 heteroatoms. The average Bonchev–Trinajstić information content (AvgIpc) is 2.70. The molecule has 0 radical (unpaired) electrons. The minimum Gasteiger partial charge on any atom is -0.507 e. The van der Waals surface area contributed by atoms with Crippen LogP contribution in [-0.2, 0) is 4.79 Å². The maximum Gasteiger partial charge on any atom is 0.164 e. The number of Topliss-reactive ketones (excluding diaryl/α,β-unsaturated/α-hetero) is 1. The van der Waals surface area contributed by atoms with Gasteiger partial charge in [-0.1, -0.05) is 42.5 Å². The van der Waals surface area contributed by atoms with Crippen LogP contribution in [0.2, 0.25) is 0 Å². The Balaban J connectivity index is 1.92. The van der Waals surface area contributed by atoms with Crippen molar-refractivity contribution in [1.29, 1.82) is 0 Å². The highest BCUT2D eigenvalue weighted by atomic mass is 16.5. The fourth-order valence-corrected chi connectivity index (χ4v) is 2.82. The number of rotatable bonds is 6. The summed E-state index contributed by atoms with van der Waals surface area (Å²) in [4.78, 5) is 16.6. The number of nitrogens with zero attached hydrogens (tertiary/aromatic N) is 1. The van der Waals surface area contributed by atoms with Crippen molar-refractivity contribution in [2.75, 3.05) is 7.11 Å². The topological polar surface area (TPSA) is 70.9 Å². The summed E-state index contributed by atoms with van der Waals surface area (Å²) in [6, 6.07) is 14.5. The molecule has 2 aromatic rings. The van der Waals surface area contributed by atoms with E-state index >= 15 is 0 Å². The molecule has 0 aliphatic heterocycles. The normalized spacial score (nSPS) is 16.6. The standard InChI is InChI=1S/C22H22N2O3/c1-27-21-13-7-4-10-18(21)22(23-14-16-8-2-5-11-19(16)25)24-15-17-9-3-6-12-20(17)26/h2-5,7-11,13-15,22,24-25H,6,12H2,1H3/b17-15?,23-14+/t22-/m1/s1. The lowest BCUT2D eigenvalue weighted by atomic mass is 10.0. The first-order valence-electron chi connectivity index (χ1n) is 8.79. The summed E-state index contributed by atoms with van der Waals surface area (Å²) in [6.45, 7) is 0. The Morgan fingerprint density at radius 2 is 1.96 bits per heavy atom. The van der Waals surface area contributed by atoms with Crippen LogP contribution >= 0.6 is 0 Å². The Hall–Kier alpha value is -3.34. The Kier molecular flexibility index (Phi) is 6.05. The van der Waals surface area contributed by atoms with Crippen LogP contribution in [0.25, 0.3) is 0 Å². The molecular weight excluding hydrogens is 340 g/mol. The SMILES string of the molecule is COc1ccccc1[C@H](/N=C/c1ccccc1O)NC=C1C=CCCC1=O. The van der Waals surface area contributed by atoms with Crippen LogP contribution in [0.1, 0.15) is 30.1 Å². The van der Waals surface area contributed by atoms with Gasteiger partial charge in [-0.25, -0.2) is 0 Å². The number of carbonyl (C=O) groups excluding carboxylic acids is 1. The first kappa shape index (κ1) is 18.5. The molecule has 2 N–H and O–H groups in total. The van der Waals surface area contributed by atoms with Gasteiger partial charge in [0.15, 0.2) is 5.78 Å². The summed E-state index contributed by atoms with van der Waals surface area (Å²) in [5.74, 6) is 0.950. The Morgan fingerprint density at radius 3 is 2.74 bits per heavy atom. The molecule has 138 valence electrons. The van der Waals surface area contributed by atoms with Crippen molar-refractivity contribution in [2.45, 2.75) is 19.0 Å². The Labute approximate surface area is 158 Å². The van der Waals surface area contributed by atoms with Crippen LogP contribution in [0.15, 0.2) is 77.4 Å². The van der Waals surface area contributed by atoms with Crippen molar-refractivity contribution in [1.82, 2.24) is 5.32 Å². The highest BCUT2D eigenvalue weighted by Gasteiger charge is 2.15. The molecule has 0 aromatic heterocycles. The van der Waals surface area contributed by atoms with Gasteiger partial charge >= 0.3 is 0 Å². The predicted octanol–water partition coefficient (Wildman–Crippen LogP) is 3.91. The molecule has 0 bridgehead atoms. The Bertz CT molecular complexity index is 900. The zero-order chi connectivity index (χ0) is 19.1. The number of ketones is 1. The van der Waals surface area contributed by atoms with E-state index in [1.165, 1.54) is 0 Å². The number of allylic oxidation sites excluding steroid dienone is 3. The molecule has 1 aliphatic carbocycles. The molecule has 27 heavy (non-hydrogen) atoms. The fourth-order valence-electron chi connectivity index (χ4n) is 2.82. The summed E-state index contributed by atoms with van der Waals surface area (Å²) in [7, 11) is 1.61. The van der Waals surface area contributed by atoms with Gasteiger partial charge in [-0.3, -0.25) is 9.79 Å². The van der Waals surface area contributed by atoms with Gasteiger partial charge in [0.1, 0.15) is 17.7 Å². The second-order valence-corrected chi connectivity index (χ2v) is 6.11. The molecular formula is C22H22N2O3. The summed E-state index contributed by atoms with van der Waals surface area (Å²) >= 11 is 0. The third-order valence-corrected chi connectivity index (χ3v) is 4.29. The van der Waals surface area contributed by atoms with Crippen LogP contribution in [0.3, 0.4) is 0 Å². The molecule has 0 heterocycles. The number of benzene rings is 2. The van der Waals surface area contributed by atoms with Crippen molar-refractivity contribution in [3.8, 4) is 11.5 Å². The summed E-state index contributed by atoms with van der Waals surface area (Å²) in [5.41, 5.74) is 2.06. The van der Waals surface area contributed by atoms with Gasteiger partial charge in [-0.2, -0.15) is 0 Å². The molecule has 2 aromatic carbocycles. The van der Waals surface area contributed by atoms with E-state index in [9.17, 15) is 9.90 Å². The molecule has 0 spiro atoms. The number of phenolic OH excluding ortho intramolecular Hbond substituents is 1. The number of carbonyl (C=O) groups is 1. The van der Waals surface area contributed by atoms with E-state index in [0.29, 0.717) is 23.3 Å². The number of phenols is 1. The van der Waals surface area contributed by atoms with E-state index in [2.05, 4.69) is 10.3 Å². The van der Waals surface area contributed by atoms with Crippen molar-refractivity contribution in [3.63, 3.8) is 0 Å². The van der Waals surface area contributed by atoms with Crippen LogP contribution < -0.4 is 10.1 Å². The van der Waals surface area contributed by atoms with Crippen molar-refractivity contribution in [3.05, 3.63) is 83.6 Å². The lowest BCUT2D eigenvalue weighted by Gasteiger charge is -2.17. The van der Waals surface area contributed by atoms with Crippen LogP contribution in [0.4, 0.5) is 0 Å². The lowest BCUT2D eigenvalue weighted by Crippen LogP contribution is -2.17. The van der Waals surface area contributed by atoms with E-state index < -0.39 is 6.17 Å². The van der Waals surface area contributed by atoms with Crippen molar-refractivity contribution >= 4 is 12.0 Å². The van der Waals surface area contributed by atoms with Gasteiger partial charge in [0.2, 0.25) is 0 Å². The Morgan fingerprint density at radius 1 is 1.19 bits per heavy atom. The molecule has 1 aliphatic rings. The van der Waals surface area contributed by atoms with Crippen molar-refractivity contribution in [2.24, 2.45) is 4.99 Å². The third-order valence-electron chi connectivity index (χ3n) is 4.29. The second kappa shape index (κ2) is 8.85. The number of aliphatic imine (C=N–C) groups is 1. The number of hydrogen-bond acceptors (Lipinski definition) is 5. The number of para-hydroxylation sites is 2. The second-order valence-electron chi connectivity index (χ2n) is 6.11. The van der Waals surface area contributed by atoms with E-state index in [4.69, 9.17) is 4.74 Å². The molecule has 5 nitrogen and oxygen atoms in total. The van der Waals surface area contributed by atoms with E-state index in [1.807, 2.05) is 42.5 Å². The quantitative estimate of drug-likeness (QED) is 0.604. The average molecular weight is 362 g/mol. The molecule has 0 saturated carbocycles. The van der Waals surface area contributed by atoms with Gasteiger partial charge in [-0.05, 0) is 24.6 Å².